The van der Waals surface area contributed by atoms with E-state index in [1.807, 2.05) is 16.7 Å². The fraction of sp³-hybridized carbons (Fsp3) is 0.458. The second kappa shape index (κ2) is 8.96. The van der Waals surface area contributed by atoms with E-state index in [4.69, 9.17) is 4.98 Å². The van der Waals surface area contributed by atoms with Gasteiger partial charge in [0, 0.05) is 25.3 Å². The van der Waals surface area contributed by atoms with Crippen LogP contribution in [0.25, 0.3) is 0 Å². The van der Waals surface area contributed by atoms with Crippen molar-refractivity contribution >= 4 is 11.8 Å². The maximum atomic E-state index is 13.0. The third-order valence-corrected chi connectivity index (χ3v) is 5.91. The van der Waals surface area contributed by atoms with Gasteiger partial charge in [-0.2, -0.15) is 0 Å². The van der Waals surface area contributed by atoms with Crippen molar-refractivity contribution in [2.75, 3.05) is 32.7 Å². The number of pyridine rings is 1. The molecule has 30 heavy (non-hydrogen) atoms. The molecule has 3 heterocycles. The van der Waals surface area contributed by atoms with E-state index in [9.17, 15) is 9.59 Å². The number of benzene rings is 1. The second-order valence-electron chi connectivity index (χ2n) is 8.51. The Labute approximate surface area is 178 Å². The summed E-state index contributed by atoms with van der Waals surface area (Å²) in [6.45, 7) is 6.82. The molecule has 2 aliphatic rings. The Morgan fingerprint density at radius 1 is 1.17 bits per heavy atom. The van der Waals surface area contributed by atoms with E-state index in [2.05, 4.69) is 48.6 Å². The standard InChI is InChI=1S/C24H30N4O2/c1-17-5-3-6-19(11-17)13-20-12-18(2)26-21(14-20)22-7-4-9-28(22)24(30)16-27-10-8-25-23(29)15-27/h3,5-6,11-12,14,22H,4,7-10,13,15-16H2,1-2H3,(H,25,29)/t22-/m0/s1. The van der Waals surface area contributed by atoms with Crippen LogP contribution in [-0.4, -0.2) is 59.3 Å². The van der Waals surface area contributed by atoms with Gasteiger partial charge in [0.1, 0.15) is 0 Å². The van der Waals surface area contributed by atoms with Gasteiger partial charge < -0.3 is 10.2 Å². The van der Waals surface area contributed by atoms with Crippen LogP contribution in [0.5, 0.6) is 0 Å². The molecule has 0 aliphatic carbocycles. The number of amides is 2. The second-order valence-corrected chi connectivity index (χ2v) is 8.51. The fourth-order valence-electron chi connectivity index (χ4n) is 4.58. The predicted octanol–water partition coefficient (Wildman–Crippen LogP) is 2.38. The molecule has 0 saturated carbocycles. The molecule has 0 spiro atoms. The zero-order valence-electron chi connectivity index (χ0n) is 17.9. The van der Waals surface area contributed by atoms with E-state index < -0.39 is 0 Å². The molecule has 1 N–H and O–H groups in total. The van der Waals surface area contributed by atoms with E-state index in [1.165, 1.54) is 16.7 Å². The zero-order chi connectivity index (χ0) is 21.1. The highest BCUT2D eigenvalue weighted by molar-refractivity contribution is 5.82. The summed E-state index contributed by atoms with van der Waals surface area (Å²) in [5, 5.41) is 2.81. The first kappa shape index (κ1) is 20.5. The average Bonchev–Trinajstić information content (AvgIpc) is 3.18. The van der Waals surface area contributed by atoms with E-state index in [-0.39, 0.29) is 17.9 Å². The van der Waals surface area contributed by atoms with Gasteiger partial charge in [-0.3, -0.25) is 19.5 Å². The van der Waals surface area contributed by atoms with Crippen LogP contribution in [0.2, 0.25) is 0 Å². The molecule has 6 nitrogen and oxygen atoms in total. The quantitative estimate of drug-likeness (QED) is 0.828. The summed E-state index contributed by atoms with van der Waals surface area (Å²) in [6.07, 6.45) is 2.79. The maximum Gasteiger partial charge on any atom is 0.237 e. The van der Waals surface area contributed by atoms with Crippen LogP contribution in [0, 0.1) is 13.8 Å². The van der Waals surface area contributed by atoms with Crippen molar-refractivity contribution in [3.8, 4) is 0 Å². The molecule has 1 aromatic heterocycles. The van der Waals surface area contributed by atoms with Crippen molar-refractivity contribution in [2.45, 2.75) is 39.2 Å². The number of aromatic nitrogens is 1. The molecule has 2 amide bonds. The first-order valence-corrected chi connectivity index (χ1v) is 10.8. The number of rotatable bonds is 5. The Morgan fingerprint density at radius 3 is 2.83 bits per heavy atom. The molecule has 158 valence electrons. The van der Waals surface area contributed by atoms with Gasteiger partial charge in [0.25, 0.3) is 0 Å². The van der Waals surface area contributed by atoms with Gasteiger partial charge in [0.15, 0.2) is 0 Å². The van der Waals surface area contributed by atoms with Gasteiger partial charge in [-0.15, -0.1) is 0 Å². The molecular formula is C24H30N4O2. The number of likely N-dealkylation sites (tertiary alicyclic amines) is 1. The van der Waals surface area contributed by atoms with Crippen LogP contribution < -0.4 is 5.32 Å². The highest BCUT2D eigenvalue weighted by Crippen LogP contribution is 2.32. The Kier molecular flexibility index (Phi) is 6.13. The number of nitrogens with one attached hydrogen (secondary N) is 1. The minimum absolute atomic E-state index is 0.00633. The van der Waals surface area contributed by atoms with Crippen molar-refractivity contribution in [3.63, 3.8) is 0 Å². The third kappa shape index (κ3) is 4.87. The Hall–Kier alpha value is -2.73. The van der Waals surface area contributed by atoms with Crippen LogP contribution >= 0.6 is 0 Å². The SMILES string of the molecule is Cc1cccc(Cc2cc(C)nc([C@@H]3CCCN3C(=O)CN3CCNC(=O)C3)c2)c1. The number of carbonyl (C=O) groups excluding carboxylic acids is 2. The van der Waals surface area contributed by atoms with E-state index in [0.29, 0.717) is 19.6 Å². The van der Waals surface area contributed by atoms with Crippen LogP contribution in [0.1, 0.15) is 47.0 Å². The first-order valence-electron chi connectivity index (χ1n) is 10.8. The summed E-state index contributed by atoms with van der Waals surface area (Å²) in [7, 11) is 0. The number of carbonyl (C=O) groups is 2. The van der Waals surface area contributed by atoms with Gasteiger partial charge in [-0.05, 0) is 56.4 Å². The third-order valence-electron chi connectivity index (χ3n) is 5.91. The summed E-state index contributed by atoms with van der Waals surface area (Å²) in [6, 6.07) is 12.9. The van der Waals surface area contributed by atoms with Crippen LogP contribution in [0.15, 0.2) is 36.4 Å². The van der Waals surface area contributed by atoms with Crippen LogP contribution in [-0.2, 0) is 16.0 Å². The maximum absolute atomic E-state index is 13.0. The largest absolute Gasteiger partial charge is 0.354 e. The minimum atomic E-state index is -0.00633. The lowest BCUT2D eigenvalue weighted by Gasteiger charge is -2.30. The summed E-state index contributed by atoms with van der Waals surface area (Å²) in [4.78, 5) is 33.3. The van der Waals surface area contributed by atoms with Gasteiger partial charge in [-0.1, -0.05) is 29.8 Å². The van der Waals surface area contributed by atoms with Crippen LogP contribution in [0.3, 0.4) is 0 Å². The molecule has 2 fully saturated rings. The number of hydrogen-bond donors (Lipinski definition) is 1. The minimum Gasteiger partial charge on any atom is -0.354 e. The van der Waals surface area contributed by atoms with Gasteiger partial charge >= 0.3 is 0 Å². The van der Waals surface area contributed by atoms with Gasteiger partial charge in [-0.25, -0.2) is 0 Å². The molecule has 4 rings (SSSR count). The molecule has 1 atom stereocenters. The predicted molar refractivity (Wildman–Crippen MR) is 116 cm³/mol. The van der Waals surface area contributed by atoms with Crippen molar-refractivity contribution in [1.29, 1.82) is 0 Å². The lowest BCUT2D eigenvalue weighted by atomic mass is 10.0. The fourth-order valence-corrected chi connectivity index (χ4v) is 4.58. The average molecular weight is 407 g/mol. The molecule has 0 unspecified atom stereocenters. The normalized spacial score (nSPS) is 19.7. The number of aryl methyl sites for hydroxylation is 2. The molecule has 2 saturated heterocycles. The van der Waals surface area contributed by atoms with E-state index in [0.717, 1.165) is 43.7 Å². The highest BCUT2D eigenvalue weighted by atomic mass is 16.2. The molecular weight excluding hydrogens is 376 g/mol. The van der Waals surface area contributed by atoms with Gasteiger partial charge in [0.2, 0.25) is 11.8 Å². The van der Waals surface area contributed by atoms with E-state index in [1.54, 1.807) is 0 Å². The van der Waals surface area contributed by atoms with Gasteiger partial charge in [0.05, 0.1) is 24.8 Å². The van der Waals surface area contributed by atoms with E-state index >= 15 is 0 Å². The molecule has 6 heteroatoms. The highest BCUT2D eigenvalue weighted by Gasteiger charge is 2.32. The van der Waals surface area contributed by atoms with Crippen molar-refractivity contribution in [3.05, 3.63) is 64.5 Å². The number of nitrogens with zero attached hydrogens (tertiary/aromatic N) is 3. The summed E-state index contributed by atoms with van der Waals surface area (Å²) in [5.41, 5.74) is 5.75. The Morgan fingerprint density at radius 2 is 2.03 bits per heavy atom. The summed E-state index contributed by atoms with van der Waals surface area (Å²) < 4.78 is 0. The summed E-state index contributed by atoms with van der Waals surface area (Å²) in [5.74, 6) is 0.0869. The molecule has 2 aromatic rings. The Bertz CT molecular complexity index is 943. The number of hydrogen-bond acceptors (Lipinski definition) is 4. The van der Waals surface area contributed by atoms with Crippen molar-refractivity contribution in [2.24, 2.45) is 0 Å². The topological polar surface area (TPSA) is 65.5 Å². The zero-order valence-corrected chi connectivity index (χ0v) is 17.9. The first-order chi connectivity index (χ1) is 14.5. The molecule has 0 radical (unpaired) electrons. The number of piperazine rings is 1. The van der Waals surface area contributed by atoms with Crippen molar-refractivity contribution in [1.82, 2.24) is 20.1 Å². The molecule has 2 aliphatic heterocycles. The van der Waals surface area contributed by atoms with Crippen LogP contribution in [0.4, 0.5) is 0 Å². The summed E-state index contributed by atoms with van der Waals surface area (Å²) >= 11 is 0. The monoisotopic (exact) mass is 406 g/mol. The lowest BCUT2D eigenvalue weighted by Crippen LogP contribution is -2.51. The Balaban J connectivity index is 1.49. The molecule has 1 aromatic carbocycles. The smallest absolute Gasteiger partial charge is 0.237 e. The molecule has 0 bridgehead atoms. The lowest BCUT2D eigenvalue weighted by molar-refractivity contribution is -0.134. The van der Waals surface area contributed by atoms with Crippen molar-refractivity contribution < 1.29 is 9.59 Å².